The summed E-state index contributed by atoms with van der Waals surface area (Å²) in [5.41, 5.74) is -1.75. The number of hydrogen-bond acceptors (Lipinski definition) is 4. The van der Waals surface area contributed by atoms with Crippen LogP contribution in [0, 0.1) is 0 Å². The second-order valence-electron chi connectivity index (χ2n) is 11.6. The highest BCUT2D eigenvalue weighted by Crippen LogP contribution is 2.41. The molecule has 0 radical (unpaired) electrons. The third kappa shape index (κ3) is 10.7. The van der Waals surface area contributed by atoms with Crippen molar-refractivity contribution in [2.75, 3.05) is 68.6 Å². The smallest absolute Gasteiger partial charge is 0.119 e. The van der Waals surface area contributed by atoms with E-state index in [4.69, 9.17) is 9.47 Å². The van der Waals surface area contributed by atoms with Crippen LogP contribution in [0.15, 0.2) is 48.5 Å². The van der Waals surface area contributed by atoms with Crippen LogP contribution in [0.5, 0.6) is 11.5 Å². The van der Waals surface area contributed by atoms with E-state index in [0.29, 0.717) is 24.3 Å². The monoisotopic (exact) mass is 632 g/mol. The topological polar surface area (TPSA) is 58.9 Å². The predicted octanol–water partition coefficient (Wildman–Crippen LogP) is -2.24. The van der Waals surface area contributed by atoms with Gasteiger partial charge in [0.25, 0.3) is 0 Å². The highest BCUT2D eigenvalue weighted by Gasteiger charge is 2.44. The van der Waals surface area contributed by atoms with Gasteiger partial charge in [0, 0.05) is 12.8 Å². The number of nitrogens with zero attached hydrogens (tertiary/aromatic N) is 2. The Labute approximate surface area is 239 Å². The Morgan fingerprint density at radius 3 is 1.11 bits per heavy atom. The minimum atomic E-state index is -1.50. The number of benzene rings is 2. The summed E-state index contributed by atoms with van der Waals surface area (Å²) in [6.45, 7) is 6.64. The number of aliphatic hydroxyl groups is 2. The molecule has 2 rings (SSSR count). The first-order chi connectivity index (χ1) is 15.6. The summed E-state index contributed by atoms with van der Waals surface area (Å²) >= 11 is 0. The standard InChI is InChI=1S/C28H46N2O4.2BrH/c1-27(31,23-11-15-25(16-12-23)33-21-9-19-29(3,4)5)28(2,32)24-13-17-26(18-14-24)34-22-10-20-30(6,7)8;;/h11-18,31-32H,9-10,19-22H2,1-8H3;2*1H/q+2;;/p-2. The third-order valence-corrected chi connectivity index (χ3v) is 6.26. The number of hydrogen-bond donors (Lipinski definition) is 2. The minimum absolute atomic E-state index is 0. The first-order valence-corrected chi connectivity index (χ1v) is 12.1. The molecule has 2 unspecified atom stereocenters. The molecule has 0 spiro atoms. The lowest BCUT2D eigenvalue weighted by molar-refractivity contribution is -0.870. The van der Waals surface area contributed by atoms with E-state index in [1.807, 2.05) is 48.5 Å². The van der Waals surface area contributed by atoms with E-state index >= 15 is 0 Å². The molecule has 2 aromatic rings. The molecular weight excluding hydrogens is 588 g/mol. The molecule has 2 aromatic carbocycles. The first kappa shape index (κ1) is 34.8. The second kappa shape index (κ2) is 14.1. The van der Waals surface area contributed by atoms with Gasteiger partial charge in [-0.1, -0.05) is 24.3 Å². The van der Waals surface area contributed by atoms with Crippen molar-refractivity contribution in [3.63, 3.8) is 0 Å². The quantitative estimate of drug-likeness (QED) is 0.194. The molecule has 36 heavy (non-hydrogen) atoms. The van der Waals surface area contributed by atoms with E-state index in [-0.39, 0.29) is 34.0 Å². The van der Waals surface area contributed by atoms with Crippen LogP contribution in [0.1, 0.15) is 37.8 Å². The van der Waals surface area contributed by atoms with Gasteiger partial charge in [0.1, 0.15) is 22.7 Å². The number of ether oxygens (including phenoxy) is 2. The molecular formula is C28H46Br2N2O4. The molecule has 0 saturated carbocycles. The average molecular weight is 634 g/mol. The molecule has 0 saturated heterocycles. The molecule has 6 nitrogen and oxygen atoms in total. The van der Waals surface area contributed by atoms with Gasteiger partial charge < -0.3 is 62.6 Å². The highest BCUT2D eigenvalue weighted by molar-refractivity contribution is 5.37. The van der Waals surface area contributed by atoms with E-state index in [0.717, 1.165) is 46.4 Å². The van der Waals surface area contributed by atoms with Gasteiger partial charge in [-0.2, -0.15) is 0 Å². The molecule has 8 heteroatoms. The van der Waals surface area contributed by atoms with E-state index in [1.165, 1.54) is 0 Å². The van der Waals surface area contributed by atoms with Crippen molar-refractivity contribution < 1.29 is 62.6 Å². The van der Waals surface area contributed by atoms with Crippen molar-refractivity contribution in [2.24, 2.45) is 0 Å². The molecule has 0 aromatic heterocycles. The van der Waals surface area contributed by atoms with Crippen LogP contribution in [-0.4, -0.2) is 87.8 Å². The van der Waals surface area contributed by atoms with Crippen LogP contribution in [-0.2, 0) is 11.2 Å². The summed E-state index contributed by atoms with van der Waals surface area (Å²) in [7, 11) is 13.0. The molecule has 0 aliphatic carbocycles. The van der Waals surface area contributed by atoms with E-state index < -0.39 is 11.2 Å². The zero-order chi connectivity index (χ0) is 25.6. The SMILES string of the molecule is CC(O)(c1ccc(OCCC[N+](C)(C)C)cc1)C(C)(O)c1ccc(OCCC[N+](C)(C)C)cc1.[Br-].[Br-]. The number of rotatable bonds is 13. The van der Waals surface area contributed by atoms with Crippen molar-refractivity contribution in [2.45, 2.75) is 37.9 Å². The van der Waals surface area contributed by atoms with Crippen LogP contribution in [0.25, 0.3) is 0 Å². The first-order valence-electron chi connectivity index (χ1n) is 12.1. The van der Waals surface area contributed by atoms with Gasteiger partial charge >= 0.3 is 0 Å². The molecule has 0 amide bonds. The summed E-state index contributed by atoms with van der Waals surface area (Å²) in [5, 5.41) is 22.7. The summed E-state index contributed by atoms with van der Waals surface area (Å²) in [6.07, 6.45) is 1.93. The lowest BCUT2D eigenvalue weighted by atomic mass is 9.76. The Kier molecular flexibility index (Phi) is 13.7. The molecule has 2 atom stereocenters. The molecule has 0 aliphatic heterocycles. The molecule has 0 aliphatic rings. The fraction of sp³-hybridized carbons (Fsp3) is 0.571. The van der Waals surface area contributed by atoms with Gasteiger partial charge in [-0.3, -0.25) is 0 Å². The Morgan fingerprint density at radius 1 is 0.583 bits per heavy atom. The van der Waals surface area contributed by atoms with Crippen LogP contribution < -0.4 is 43.4 Å². The molecule has 0 heterocycles. The van der Waals surface area contributed by atoms with Gasteiger partial charge in [-0.15, -0.1) is 0 Å². The van der Waals surface area contributed by atoms with Gasteiger partial charge in [0.05, 0.1) is 68.6 Å². The molecule has 2 N–H and O–H groups in total. The Balaban J connectivity index is 0.00000612. The second-order valence-corrected chi connectivity index (χ2v) is 11.6. The minimum Gasteiger partial charge on any atom is -1.00 e. The van der Waals surface area contributed by atoms with Crippen molar-refractivity contribution >= 4 is 0 Å². The van der Waals surface area contributed by atoms with Crippen molar-refractivity contribution in [3.05, 3.63) is 59.7 Å². The maximum Gasteiger partial charge on any atom is 0.119 e. The maximum absolute atomic E-state index is 11.4. The number of halogens is 2. The van der Waals surface area contributed by atoms with E-state index in [9.17, 15) is 10.2 Å². The fourth-order valence-electron chi connectivity index (χ4n) is 3.77. The van der Waals surface area contributed by atoms with Crippen molar-refractivity contribution in [1.82, 2.24) is 0 Å². The lowest BCUT2D eigenvalue weighted by Crippen LogP contribution is -3.00. The highest BCUT2D eigenvalue weighted by atomic mass is 79.9. The summed E-state index contributed by atoms with van der Waals surface area (Å²) < 4.78 is 13.5. The van der Waals surface area contributed by atoms with Gasteiger partial charge in [0.15, 0.2) is 0 Å². The van der Waals surface area contributed by atoms with Crippen LogP contribution in [0.3, 0.4) is 0 Å². The van der Waals surface area contributed by atoms with E-state index in [1.54, 1.807) is 13.8 Å². The maximum atomic E-state index is 11.4. The average Bonchev–Trinajstić information content (AvgIpc) is 2.73. The van der Waals surface area contributed by atoms with Crippen molar-refractivity contribution in [3.8, 4) is 11.5 Å². The Bertz CT molecular complexity index is 812. The summed E-state index contributed by atoms with van der Waals surface area (Å²) in [5.74, 6) is 1.51. The van der Waals surface area contributed by atoms with Gasteiger partial charge in [-0.25, -0.2) is 0 Å². The van der Waals surface area contributed by atoms with Crippen LogP contribution in [0.4, 0.5) is 0 Å². The predicted molar refractivity (Wildman–Crippen MR) is 138 cm³/mol. The van der Waals surface area contributed by atoms with Gasteiger partial charge in [-0.05, 0) is 49.2 Å². The number of quaternary nitrogens is 2. The van der Waals surface area contributed by atoms with Crippen LogP contribution >= 0.6 is 0 Å². The van der Waals surface area contributed by atoms with Crippen molar-refractivity contribution in [1.29, 1.82) is 0 Å². The largest absolute Gasteiger partial charge is 1.00 e. The summed E-state index contributed by atoms with van der Waals surface area (Å²) in [4.78, 5) is 0. The van der Waals surface area contributed by atoms with E-state index in [2.05, 4.69) is 42.3 Å². The summed E-state index contributed by atoms with van der Waals surface area (Å²) in [6, 6.07) is 14.6. The fourth-order valence-corrected chi connectivity index (χ4v) is 3.77. The Hall–Kier alpha value is -1.16. The normalized spacial score (nSPS) is 15.1. The molecule has 0 fully saturated rings. The zero-order valence-corrected chi connectivity index (χ0v) is 26.4. The molecule has 0 bridgehead atoms. The Morgan fingerprint density at radius 2 is 0.861 bits per heavy atom. The molecule has 206 valence electrons. The third-order valence-electron chi connectivity index (χ3n) is 6.26. The van der Waals surface area contributed by atoms with Gasteiger partial charge in [0.2, 0.25) is 0 Å². The lowest BCUT2D eigenvalue weighted by Gasteiger charge is -2.39. The zero-order valence-electron chi connectivity index (χ0n) is 23.2. The van der Waals surface area contributed by atoms with Crippen LogP contribution in [0.2, 0.25) is 0 Å².